The lowest BCUT2D eigenvalue weighted by Crippen LogP contribution is -2.29. The third-order valence-corrected chi connectivity index (χ3v) is 3.96. The fraction of sp³-hybridized carbons (Fsp3) is 0.800. The summed E-state index contributed by atoms with van der Waals surface area (Å²) in [5.74, 6) is 0.855. The van der Waals surface area contributed by atoms with Gasteiger partial charge in [0.15, 0.2) is 5.75 Å². The fourth-order valence-corrected chi connectivity index (χ4v) is 2.88. The lowest BCUT2D eigenvalue weighted by Gasteiger charge is -2.28. The van der Waals surface area contributed by atoms with E-state index in [0.29, 0.717) is 12.1 Å². The molecule has 1 aromatic heterocycles. The second-order valence-electron chi connectivity index (χ2n) is 5.70. The molecule has 0 amide bonds. The first-order chi connectivity index (χ1) is 9.67. The third kappa shape index (κ3) is 3.33. The van der Waals surface area contributed by atoms with Crippen LogP contribution in [0.5, 0.6) is 5.75 Å². The summed E-state index contributed by atoms with van der Waals surface area (Å²) in [6.45, 7) is 5.17. The van der Waals surface area contributed by atoms with Crippen molar-refractivity contribution < 1.29 is 9.47 Å². The number of nitrogens with zero attached hydrogens (tertiary/aromatic N) is 2. The SMILES string of the molecule is CNC(CC1CCCCO1)c1c(OC)cnn1C(C)C. The van der Waals surface area contributed by atoms with Gasteiger partial charge >= 0.3 is 0 Å². The van der Waals surface area contributed by atoms with Crippen molar-refractivity contribution in [1.29, 1.82) is 0 Å². The van der Waals surface area contributed by atoms with Crippen LogP contribution in [0, 0.1) is 0 Å². The zero-order chi connectivity index (χ0) is 14.5. The van der Waals surface area contributed by atoms with Crippen molar-refractivity contribution >= 4 is 0 Å². The maximum absolute atomic E-state index is 5.87. The molecule has 114 valence electrons. The van der Waals surface area contributed by atoms with Gasteiger partial charge in [-0.05, 0) is 46.6 Å². The molecule has 0 aliphatic carbocycles. The van der Waals surface area contributed by atoms with Crippen LogP contribution in [-0.4, -0.2) is 36.6 Å². The van der Waals surface area contributed by atoms with E-state index in [1.807, 2.05) is 11.7 Å². The standard InChI is InChI=1S/C15H27N3O2/c1-11(2)18-15(14(19-4)10-17-18)13(16-3)9-12-7-5-6-8-20-12/h10-13,16H,5-9H2,1-4H3. The number of hydrogen-bond donors (Lipinski definition) is 1. The molecule has 1 aliphatic rings. The monoisotopic (exact) mass is 281 g/mol. The molecule has 0 saturated carbocycles. The summed E-state index contributed by atoms with van der Waals surface area (Å²) in [6.07, 6.45) is 6.71. The summed E-state index contributed by atoms with van der Waals surface area (Å²) in [7, 11) is 3.69. The Morgan fingerprint density at radius 1 is 1.50 bits per heavy atom. The molecule has 1 N–H and O–H groups in total. The van der Waals surface area contributed by atoms with E-state index in [0.717, 1.165) is 30.9 Å². The predicted octanol–water partition coefficient (Wildman–Crippen LogP) is 2.69. The van der Waals surface area contributed by atoms with E-state index in [-0.39, 0.29) is 6.04 Å². The highest BCUT2D eigenvalue weighted by molar-refractivity contribution is 5.29. The van der Waals surface area contributed by atoms with Crippen LogP contribution in [-0.2, 0) is 4.74 Å². The van der Waals surface area contributed by atoms with E-state index in [1.165, 1.54) is 12.8 Å². The highest BCUT2D eigenvalue weighted by atomic mass is 16.5. The van der Waals surface area contributed by atoms with Crippen molar-refractivity contribution in [3.8, 4) is 5.75 Å². The van der Waals surface area contributed by atoms with Gasteiger partial charge in [0.2, 0.25) is 0 Å². The molecule has 1 saturated heterocycles. The van der Waals surface area contributed by atoms with Crippen molar-refractivity contribution in [2.45, 2.75) is 57.7 Å². The quantitative estimate of drug-likeness (QED) is 0.871. The van der Waals surface area contributed by atoms with E-state index >= 15 is 0 Å². The molecule has 0 spiro atoms. The van der Waals surface area contributed by atoms with Gasteiger partial charge in [-0.3, -0.25) is 4.68 Å². The molecule has 2 rings (SSSR count). The maximum Gasteiger partial charge on any atom is 0.161 e. The Balaban J connectivity index is 2.18. The van der Waals surface area contributed by atoms with Crippen LogP contribution < -0.4 is 10.1 Å². The number of nitrogens with one attached hydrogen (secondary N) is 1. The second kappa shape index (κ2) is 7.09. The number of rotatable bonds is 6. The molecular weight excluding hydrogens is 254 g/mol. The number of hydrogen-bond acceptors (Lipinski definition) is 4. The number of aromatic nitrogens is 2. The largest absolute Gasteiger partial charge is 0.493 e. The molecule has 2 heterocycles. The third-order valence-electron chi connectivity index (χ3n) is 3.96. The first kappa shape index (κ1) is 15.3. The van der Waals surface area contributed by atoms with Crippen molar-refractivity contribution in [3.05, 3.63) is 11.9 Å². The van der Waals surface area contributed by atoms with E-state index in [9.17, 15) is 0 Å². The van der Waals surface area contributed by atoms with Gasteiger partial charge in [0.25, 0.3) is 0 Å². The Morgan fingerprint density at radius 3 is 2.85 bits per heavy atom. The molecule has 1 aliphatic heterocycles. The van der Waals surface area contributed by atoms with Crippen LogP contribution in [0.3, 0.4) is 0 Å². The van der Waals surface area contributed by atoms with Crippen LogP contribution in [0.25, 0.3) is 0 Å². The van der Waals surface area contributed by atoms with Crippen molar-refractivity contribution in [1.82, 2.24) is 15.1 Å². The van der Waals surface area contributed by atoms with Gasteiger partial charge in [-0.25, -0.2) is 0 Å². The van der Waals surface area contributed by atoms with Gasteiger partial charge in [-0.2, -0.15) is 5.10 Å². The van der Waals surface area contributed by atoms with Crippen molar-refractivity contribution in [2.75, 3.05) is 20.8 Å². The first-order valence-electron chi connectivity index (χ1n) is 7.57. The highest BCUT2D eigenvalue weighted by Gasteiger charge is 2.26. The number of ether oxygens (including phenoxy) is 2. The summed E-state index contributed by atoms with van der Waals surface area (Å²) >= 11 is 0. The van der Waals surface area contributed by atoms with Crippen LogP contribution in [0.4, 0.5) is 0 Å². The molecule has 0 radical (unpaired) electrons. The molecule has 2 atom stereocenters. The molecule has 0 aromatic carbocycles. The van der Waals surface area contributed by atoms with Crippen LogP contribution in [0.2, 0.25) is 0 Å². The molecule has 1 fully saturated rings. The van der Waals surface area contributed by atoms with E-state index in [1.54, 1.807) is 13.3 Å². The Bertz CT molecular complexity index is 411. The first-order valence-corrected chi connectivity index (χ1v) is 7.57. The zero-order valence-corrected chi connectivity index (χ0v) is 13.1. The van der Waals surface area contributed by atoms with E-state index < -0.39 is 0 Å². The van der Waals surface area contributed by atoms with Gasteiger partial charge < -0.3 is 14.8 Å². The summed E-state index contributed by atoms with van der Waals surface area (Å²) in [5, 5.41) is 7.86. The summed E-state index contributed by atoms with van der Waals surface area (Å²) < 4.78 is 13.4. The normalized spacial score (nSPS) is 21.1. The maximum atomic E-state index is 5.87. The molecule has 1 aromatic rings. The van der Waals surface area contributed by atoms with Crippen LogP contribution >= 0.6 is 0 Å². The molecule has 20 heavy (non-hydrogen) atoms. The lowest BCUT2D eigenvalue weighted by molar-refractivity contribution is 0.00478. The minimum absolute atomic E-state index is 0.206. The van der Waals surface area contributed by atoms with Crippen molar-refractivity contribution in [2.24, 2.45) is 0 Å². The highest BCUT2D eigenvalue weighted by Crippen LogP contribution is 2.32. The summed E-state index contributed by atoms with van der Waals surface area (Å²) in [5.41, 5.74) is 1.12. The Morgan fingerprint density at radius 2 is 2.30 bits per heavy atom. The molecule has 5 nitrogen and oxygen atoms in total. The molecule has 0 bridgehead atoms. The van der Waals surface area contributed by atoms with Gasteiger partial charge in [0.05, 0.1) is 31.1 Å². The van der Waals surface area contributed by atoms with Crippen LogP contribution in [0.15, 0.2) is 6.20 Å². The van der Waals surface area contributed by atoms with Gasteiger partial charge in [0.1, 0.15) is 0 Å². The van der Waals surface area contributed by atoms with Crippen LogP contribution in [0.1, 0.15) is 57.3 Å². The van der Waals surface area contributed by atoms with Gasteiger partial charge in [-0.1, -0.05) is 0 Å². The predicted molar refractivity (Wildman–Crippen MR) is 79.2 cm³/mol. The smallest absolute Gasteiger partial charge is 0.161 e. The Kier molecular flexibility index (Phi) is 5.43. The fourth-order valence-electron chi connectivity index (χ4n) is 2.88. The second-order valence-corrected chi connectivity index (χ2v) is 5.70. The lowest BCUT2D eigenvalue weighted by atomic mass is 9.99. The van der Waals surface area contributed by atoms with E-state index in [4.69, 9.17) is 9.47 Å². The van der Waals surface area contributed by atoms with Crippen molar-refractivity contribution in [3.63, 3.8) is 0 Å². The summed E-state index contributed by atoms with van der Waals surface area (Å²) in [4.78, 5) is 0. The molecular formula is C15H27N3O2. The van der Waals surface area contributed by atoms with E-state index in [2.05, 4.69) is 24.3 Å². The van der Waals surface area contributed by atoms with Gasteiger partial charge in [0, 0.05) is 12.6 Å². The zero-order valence-electron chi connectivity index (χ0n) is 13.1. The molecule has 5 heteroatoms. The van der Waals surface area contributed by atoms with Gasteiger partial charge in [-0.15, -0.1) is 0 Å². The minimum atomic E-state index is 0.206. The summed E-state index contributed by atoms with van der Waals surface area (Å²) in [6, 6.07) is 0.523. The topological polar surface area (TPSA) is 48.3 Å². The number of methoxy groups -OCH3 is 1. The average Bonchev–Trinajstić information content (AvgIpc) is 2.89. The molecule has 2 unspecified atom stereocenters. The minimum Gasteiger partial charge on any atom is -0.493 e. The average molecular weight is 281 g/mol. The Labute approximate surface area is 121 Å². The Hall–Kier alpha value is -1.07.